The molecule has 0 saturated carbocycles. The van der Waals surface area contributed by atoms with Crippen LogP contribution in [-0.2, 0) is 4.79 Å². The SMILES string of the molecule is O=C(O)/C(=C/C1C=CC(O)=CC1)CCO. The van der Waals surface area contributed by atoms with E-state index in [4.69, 9.17) is 15.3 Å². The molecule has 0 radical (unpaired) electrons. The quantitative estimate of drug-likeness (QED) is 0.613. The van der Waals surface area contributed by atoms with Crippen molar-refractivity contribution in [1.82, 2.24) is 0 Å². The molecule has 0 aromatic carbocycles. The number of aliphatic hydroxyl groups is 2. The Bertz CT molecular complexity index is 325. The minimum absolute atomic E-state index is 0.0152. The molecule has 3 N–H and O–H groups in total. The van der Waals surface area contributed by atoms with Crippen LogP contribution in [-0.4, -0.2) is 27.9 Å². The van der Waals surface area contributed by atoms with E-state index in [9.17, 15) is 4.79 Å². The Kier molecular flexibility index (Phi) is 4.12. The van der Waals surface area contributed by atoms with Gasteiger partial charge in [-0.25, -0.2) is 4.79 Å². The molecule has 0 aliphatic heterocycles. The molecule has 0 bridgehead atoms. The lowest BCUT2D eigenvalue weighted by atomic mass is 9.96. The molecule has 0 aromatic rings. The van der Waals surface area contributed by atoms with E-state index in [0.717, 1.165) is 0 Å². The van der Waals surface area contributed by atoms with E-state index < -0.39 is 5.97 Å². The van der Waals surface area contributed by atoms with Crippen molar-refractivity contribution >= 4 is 5.97 Å². The highest BCUT2D eigenvalue weighted by Crippen LogP contribution is 2.18. The number of aliphatic carboxylic acids is 1. The van der Waals surface area contributed by atoms with Gasteiger partial charge >= 0.3 is 5.97 Å². The van der Waals surface area contributed by atoms with E-state index >= 15 is 0 Å². The summed E-state index contributed by atoms with van der Waals surface area (Å²) in [6.45, 7) is -0.171. The summed E-state index contributed by atoms with van der Waals surface area (Å²) in [7, 11) is 0. The van der Waals surface area contributed by atoms with Crippen LogP contribution < -0.4 is 0 Å². The van der Waals surface area contributed by atoms with E-state index in [1.165, 1.54) is 0 Å². The summed E-state index contributed by atoms with van der Waals surface area (Å²) >= 11 is 0. The lowest BCUT2D eigenvalue weighted by Gasteiger charge is -2.10. The molecule has 1 atom stereocenters. The Balaban J connectivity index is 2.68. The fourth-order valence-corrected chi connectivity index (χ4v) is 1.39. The largest absolute Gasteiger partial charge is 0.508 e. The first-order valence-electron chi connectivity index (χ1n) is 4.75. The van der Waals surface area contributed by atoms with E-state index in [2.05, 4.69) is 0 Å². The second kappa shape index (κ2) is 5.36. The van der Waals surface area contributed by atoms with Crippen LogP contribution in [0.15, 0.2) is 35.6 Å². The second-order valence-corrected chi connectivity index (χ2v) is 3.36. The molecule has 0 aromatic heterocycles. The van der Waals surface area contributed by atoms with Gasteiger partial charge in [0.1, 0.15) is 5.76 Å². The monoisotopic (exact) mass is 210 g/mol. The molecule has 0 saturated heterocycles. The van der Waals surface area contributed by atoms with Crippen LogP contribution in [0.3, 0.4) is 0 Å². The molecule has 15 heavy (non-hydrogen) atoms. The Morgan fingerprint density at radius 2 is 2.33 bits per heavy atom. The highest BCUT2D eigenvalue weighted by atomic mass is 16.4. The molecule has 1 aliphatic carbocycles. The number of rotatable bonds is 4. The first kappa shape index (κ1) is 11.5. The lowest BCUT2D eigenvalue weighted by Crippen LogP contribution is -2.06. The number of hydrogen-bond donors (Lipinski definition) is 3. The van der Waals surface area contributed by atoms with Crippen LogP contribution in [0.5, 0.6) is 0 Å². The fourth-order valence-electron chi connectivity index (χ4n) is 1.39. The van der Waals surface area contributed by atoms with Crippen molar-refractivity contribution in [3.8, 4) is 0 Å². The third-order valence-electron chi connectivity index (χ3n) is 2.18. The van der Waals surface area contributed by atoms with Crippen LogP contribution in [0.25, 0.3) is 0 Å². The summed E-state index contributed by atoms with van der Waals surface area (Å²) in [6, 6.07) is 0. The Labute approximate surface area is 87.9 Å². The molecular weight excluding hydrogens is 196 g/mol. The van der Waals surface area contributed by atoms with Gasteiger partial charge in [0.05, 0.1) is 0 Å². The number of hydrogen-bond acceptors (Lipinski definition) is 3. The minimum atomic E-state index is -1.00. The van der Waals surface area contributed by atoms with E-state index in [1.807, 2.05) is 0 Å². The van der Waals surface area contributed by atoms with Crippen molar-refractivity contribution in [1.29, 1.82) is 0 Å². The van der Waals surface area contributed by atoms with Crippen molar-refractivity contribution < 1.29 is 20.1 Å². The smallest absolute Gasteiger partial charge is 0.331 e. The first-order valence-corrected chi connectivity index (χ1v) is 4.75. The highest BCUT2D eigenvalue weighted by molar-refractivity contribution is 5.86. The zero-order valence-electron chi connectivity index (χ0n) is 8.26. The number of aliphatic hydroxyl groups excluding tert-OH is 2. The molecule has 4 nitrogen and oxygen atoms in total. The van der Waals surface area contributed by atoms with E-state index in [-0.39, 0.29) is 30.3 Å². The van der Waals surface area contributed by atoms with Crippen molar-refractivity contribution in [3.05, 3.63) is 35.6 Å². The molecule has 1 unspecified atom stereocenters. The summed E-state index contributed by atoms with van der Waals surface area (Å²) in [5, 5.41) is 26.6. The molecule has 0 amide bonds. The van der Waals surface area contributed by atoms with Crippen LogP contribution >= 0.6 is 0 Å². The highest BCUT2D eigenvalue weighted by Gasteiger charge is 2.11. The maximum absolute atomic E-state index is 10.8. The predicted molar refractivity (Wildman–Crippen MR) is 55.4 cm³/mol. The molecule has 82 valence electrons. The van der Waals surface area contributed by atoms with E-state index in [1.54, 1.807) is 24.3 Å². The molecule has 0 fully saturated rings. The zero-order chi connectivity index (χ0) is 11.3. The van der Waals surface area contributed by atoms with Gasteiger partial charge < -0.3 is 15.3 Å². The molecule has 0 spiro atoms. The first-order chi connectivity index (χ1) is 7.13. The Morgan fingerprint density at radius 3 is 2.80 bits per heavy atom. The number of carboxylic acids is 1. The third kappa shape index (κ3) is 3.59. The van der Waals surface area contributed by atoms with Gasteiger partial charge in [0.25, 0.3) is 0 Å². The second-order valence-electron chi connectivity index (χ2n) is 3.36. The summed E-state index contributed by atoms with van der Waals surface area (Å²) in [5.41, 5.74) is 0.210. The van der Waals surface area contributed by atoms with Crippen molar-refractivity contribution in [2.75, 3.05) is 6.61 Å². The average molecular weight is 210 g/mol. The van der Waals surface area contributed by atoms with Gasteiger partial charge in [0, 0.05) is 18.6 Å². The summed E-state index contributed by atoms with van der Waals surface area (Å²) in [5.74, 6) is -0.812. The molecular formula is C11H14O4. The van der Waals surface area contributed by atoms with Crippen molar-refractivity contribution in [3.63, 3.8) is 0 Å². The van der Waals surface area contributed by atoms with Gasteiger partial charge in [0.15, 0.2) is 0 Å². The van der Waals surface area contributed by atoms with Crippen LogP contribution in [0.1, 0.15) is 12.8 Å². The van der Waals surface area contributed by atoms with Crippen molar-refractivity contribution in [2.45, 2.75) is 12.8 Å². The summed E-state index contributed by atoms with van der Waals surface area (Å²) in [4.78, 5) is 10.8. The van der Waals surface area contributed by atoms with Gasteiger partial charge in [-0.3, -0.25) is 0 Å². The summed E-state index contributed by atoms with van der Waals surface area (Å²) < 4.78 is 0. The summed E-state index contributed by atoms with van der Waals surface area (Å²) in [6.07, 6.45) is 7.27. The molecule has 1 aliphatic rings. The number of carbonyl (C=O) groups is 1. The Hall–Kier alpha value is -1.55. The molecule has 4 heteroatoms. The van der Waals surface area contributed by atoms with Crippen LogP contribution in [0.2, 0.25) is 0 Å². The predicted octanol–water partition coefficient (Wildman–Crippen LogP) is 1.40. The maximum atomic E-state index is 10.8. The lowest BCUT2D eigenvalue weighted by molar-refractivity contribution is -0.132. The van der Waals surface area contributed by atoms with Gasteiger partial charge in [-0.05, 0) is 24.5 Å². The third-order valence-corrected chi connectivity index (χ3v) is 2.18. The normalized spacial score (nSPS) is 21.3. The van der Waals surface area contributed by atoms with Gasteiger partial charge in [-0.2, -0.15) is 0 Å². The van der Waals surface area contributed by atoms with Gasteiger partial charge in [-0.15, -0.1) is 0 Å². The topological polar surface area (TPSA) is 77.8 Å². The zero-order valence-corrected chi connectivity index (χ0v) is 8.26. The standard InChI is InChI=1S/C11H14O4/c12-6-5-9(11(14)15)7-8-1-3-10(13)4-2-8/h1,3-4,7-8,12-13H,2,5-6H2,(H,14,15)/b9-7+. The number of allylic oxidation sites excluding steroid dienone is 4. The van der Waals surface area contributed by atoms with Crippen molar-refractivity contribution in [2.24, 2.45) is 5.92 Å². The number of carboxylic acid groups (broad SMARTS) is 1. The van der Waals surface area contributed by atoms with Gasteiger partial charge in [0.2, 0.25) is 0 Å². The fraction of sp³-hybridized carbons (Fsp3) is 0.364. The van der Waals surface area contributed by atoms with Crippen LogP contribution in [0, 0.1) is 5.92 Å². The Morgan fingerprint density at radius 1 is 1.60 bits per heavy atom. The minimum Gasteiger partial charge on any atom is -0.508 e. The van der Waals surface area contributed by atoms with Gasteiger partial charge in [-0.1, -0.05) is 12.2 Å². The van der Waals surface area contributed by atoms with Crippen LogP contribution in [0.4, 0.5) is 0 Å². The average Bonchev–Trinajstić information content (AvgIpc) is 2.20. The molecule has 0 heterocycles. The molecule has 1 rings (SSSR count). The maximum Gasteiger partial charge on any atom is 0.331 e. The van der Waals surface area contributed by atoms with E-state index in [0.29, 0.717) is 6.42 Å².